The Balaban J connectivity index is 1.98. The molecule has 15 heavy (non-hydrogen) atoms. The topological polar surface area (TPSA) is 0 Å². The van der Waals surface area contributed by atoms with Crippen molar-refractivity contribution in [2.75, 3.05) is 0 Å². The lowest BCUT2D eigenvalue weighted by atomic mass is 10.0. The van der Waals surface area contributed by atoms with Crippen LogP contribution in [0.2, 0.25) is 0 Å². The summed E-state index contributed by atoms with van der Waals surface area (Å²) in [5.74, 6) is 0.646. The van der Waals surface area contributed by atoms with Crippen LogP contribution in [0, 0.1) is 5.92 Å². The second kappa shape index (κ2) is 5.55. The number of rotatable bonds is 2. The number of hydrogen-bond acceptors (Lipinski definition) is 0. The Morgan fingerprint density at radius 2 is 1.93 bits per heavy atom. The predicted molar refractivity (Wildman–Crippen MR) is 66.6 cm³/mol. The van der Waals surface area contributed by atoms with Gasteiger partial charge >= 0.3 is 0 Å². The van der Waals surface area contributed by atoms with Crippen molar-refractivity contribution in [3.8, 4) is 0 Å². The van der Waals surface area contributed by atoms with Gasteiger partial charge in [-0.05, 0) is 30.7 Å². The molecule has 0 fully saturated rings. The van der Waals surface area contributed by atoms with Crippen molar-refractivity contribution in [1.82, 2.24) is 0 Å². The smallest absolute Gasteiger partial charge is 0.00502 e. The van der Waals surface area contributed by atoms with Gasteiger partial charge in [0, 0.05) is 0 Å². The van der Waals surface area contributed by atoms with Gasteiger partial charge in [-0.15, -0.1) is 0 Å². The standard InChI is InChI=1S/C15H18/c1-2-5-9-14(8-4-1)12-13-15-10-6-3-7-11-15/h3-4,6-8,10-14H,1-2,5,9H2/b13-12+/t14-/m0/s1. The molecule has 1 aliphatic rings. The van der Waals surface area contributed by atoms with E-state index >= 15 is 0 Å². The van der Waals surface area contributed by atoms with Crippen LogP contribution in [0.5, 0.6) is 0 Å². The van der Waals surface area contributed by atoms with Crippen LogP contribution in [-0.4, -0.2) is 0 Å². The fraction of sp³-hybridized carbons (Fsp3) is 0.333. The lowest BCUT2D eigenvalue weighted by molar-refractivity contribution is 0.647. The van der Waals surface area contributed by atoms with E-state index in [1.165, 1.54) is 31.2 Å². The van der Waals surface area contributed by atoms with Crippen molar-refractivity contribution >= 4 is 6.08 Å². The molecule has 0 saturated carbocycles. The van der Waals surface area contributed by atoms with Crippen LogP contribution < -0.4 is 0 Å². The van der Waals surface area contributed by atoms with Crippen molar-refractivity contribution in [3.63, 3.8) is 0 Å². The summed E-state index contributed by atoms with van der Waals surface area (Å²) in [7, 11) is 0. The fourth-order valence-electron chi connectivity index (χ4n) is 1.97. The van der Waals surface area contributed by atoms with E-state index in [1.54, 1.807) is 0 Å². The number of allylic oxidation sites excluding steroid dienone is 3. The second-order valence-electron chi connectivity index (χ2n) is 4.15. The first-order valence-electron chi connectivity index (χ1n) is 5.85. The van der Waals surface area contributed by atoms with E-state index in [0.29, 0.717) is 5.92 Å². The number of benzene rings is 1. The van der Waals surface area contributed by atoms with Crippen molar-refractivity contribution in [2.24, 2.45) is 5.92 Å². The van der Waals surface area contributed by atoms with E-state index in [4.69, 9.17) is 0 Å². The molecular weight excluding hydrogens is 180 g/mol. The average Bonchev–Trinajstić information content (AvgIpc) is 2.56. The first-order chi connectivity index (χ1) is 7.45. The van der Waals surface area contributed by atoms with Crippen LogP contribution in [0.1, 0.15) is 31.2 Å². The first kappa shape index (κ1) is 10.2. The molecule has 1 aliphatic carbocycles. The molecule has 0 spiro atoms. The summed E-state index contributed by atoms with van der Waals surface area (Å²) in [5, 5.41) is 0. The van der Waals surface area contributed by atoms with Gasteiger partial charge in [-0.1, -0.05) is 61.1 Å². The minimum atomic E-state index is 0.646. The highest BCUT2D eigenvalue weighted by Crippen LogP contribution is 2.19. The molecule has 78 valence electrons. The highest BCUT2D eigenvalue weighted by atomic mass is 14.1. The molecule has 0 bridgehead atoms. The summed E-state index contributed by atoms with van der Waals surface area (Å²) in [6.45, 7) is 0. The Hall–Kier alpha value is -1.30. The third-order valence-electron chi connectivity index (χ3n) is 2.88. The maximum Gasteiger partial charge on any atom is -0.00502 e. The molecule has 0 unspecified atom stereocenters. The van der Waals surface area contributed by atoms with Crippen molar-refractivity contribution < 1.29 is 0 Å². The van der Waals surface area contributed by atoms with Gasteiger partial charge in [-0.25, -0.2) is 0 Å². The van der Waals surface area contributed by atoms with Crippen molar-refractivity contribution in [3.05, 3.63) is 54.1 Å². The summed E-state index contributed by atoms with van der Waals surface area (Å²) in [4.78, 5) is 0. The van der Waals surface area contributed by atoms with Crippen molar-refractivity contribution in [1.29, 1.82) is 0 Å². The van der Waals surface area contributed by atoms with Gasteiger partial charge in [0.05, 0.1) is 0 Å². The van der Waals surface area contributed by atoms with E-state index in [9.17, 15) is 0 Å². The van der Waals surface area contributed by atoms with Crippen LogP contribution >= 0.6 is 0 Å². The molecule has 0 nitrogen and oxygen atoms in total. The monoisotopic (exact) mass is 198 g/mol. The van der Waals surface area contributed by atoms with Crippen LogP contribution in [0.25, 0.3) is 6.08 Å². The van der Waals surface area contributed by atoms with Crippen LogP contribution in [0.4, 0.5) is 0 Å². The zero-order valence-corrected chi connectivity index (χ0v) is 9.10. The molecule has 0 saturated heterocycles. The summed E-state index contributed by atoms with van der Waals surface area (Å²) >= 11 is 0. The Labute approximate surface area is 92.3 Å². The van der Waals surface area contributed by atoms with E-state index in [-0.39, 0.29) is 0 Å². The summed E-state index contributed by atoms with van der Waals surface area (Å²) in [6.07, 6.45) is 14.5. The summed E-state index contributed by atoms with van der Waals surface area (Å²) in [5.41, 5.74) is 1.30. The summed E-state index contributed by atoms with van der Waals surface area (Å²) < 4.78 is 0. The minimum Gasteiger partial charge on any atom is -0.0879 e. The molecular formula is C15H18. The molecule has 0 radical (unpaired) electrons. The molecule has 1 aromatic rings. The maximum absolute atomic E-state index is 2.35. The third-order valence-corrected chi connectivity index (χ3v) is 2.88. The Bertz CT molecular complexity index is 332. The zero-order valence-electron chi connectivity index (χ0n) is 9.10. The Kier molecular flexibility index (Phi) is 3.78. The average molecular weight is 198 g/mol. The van der Waals surface area contributed by atoms with Crippen LogP contribution in [-0.2, 0) is 0 Å². The fourth-order valence-corrected chi connectivity index (χ4v) is 1.97. The van der Waals surface area contributed by atoms with Gasteiger partial charge in [0.15, 0.2) is 0 Å². The highest BCUT2D eigenvalue weighted by molar-refractivity contribution is 5.49. The van der Waals surface area contributed by atoms with E-state index in [2.05, 4.69) is 54.6 Å². The maximum atomic E-state index is 2.35. The quantitative estimate of drug-likeness (QED) is 0.616. The van der Waals surface area contributed by atoms with Crippen molar-refractivity contribution in [2.45, 2.75) is 25.7 Å². The molecule has 1 atom stereocenters. The molecule has 0 amide bonds. The molecule has 0 aliphatic heterocycles. The van der Waals surface area contributed by atoms with E-state index < -0.39 is 0 Å². The van der Waals surface area contributed by atoms with Crippen LogP contribution in [0.15, 0.2) is 48.6 Å². The lowest BCUT2D eigenvalue weighted by Crippen LogP contribution is -1.89. The van der Waals surface area contributed by atoms with Gasteiger partial charge < -0.3 is 0 Å². The number of hydrogen-bond donors (Lipinski definition) is 0. The molecule has 0 N–H and O–H groups in total. The second-order valence-corrected chi connectivity index (χ2v) is 4.15. The van der Waals surface area contributed by atoms with E-state index in [0.717, 1.165) is 0 Å². The Morgan fingerprint density at radius 3 is 2.80 bits per heavy atom. The highest BCUT2D eigenvalue weighted by Gasteiger charge is 2.02. The van der Waals surface area contributed by atoms with E-state index in [1.807, 2.05) is 0 Å². The molecule has 2 rings (SSSR count). The molecule has 0 aromatic heterocycles. The van der Waals surface area contributed by atoms with Gasteiger partial charge in [-0.2, -0.15) is 0 Å². The Morgan fingerprint density at radius 1 is 1.07 bits per heavy atom. The van der Waals surface area contributed by atoms with Gasteiger partial charge in [0.1, 0.15) is 0 Å². The normalized spacial score (nSPS) is 21.7. The predicted octanol–water partition coefficient (Wildman–Crippen LogP) is 4.45. The largest absolute Gasteiger partial charge is 0.0879 e. The third kappa shape index (κ3) is 3.39. The summed E-state index contributed by atoms with van der Waals surface area (Å²) in [6, 6.07) is 10.5. The van der Waals surface area contributed by atoms with Gasteiger partial charge in [0.2, 0.25) is 0 Å². The minimum absolute atomic E-state index is 0.646. The van der Waals surface area contributed by atoms with Gasteiger partial charge in [-0.3, -0.25) is 0 Å². The molecule has 0 heteroatoms. The van der Waals surface area contributed by atoms with Gasteiger partial charge in [0.25, 0.3) is 0 Å². The molecule has 0 heterocycles. The zero-order chi connectivity index (χ0) is 10.3. The first-order valence-corrected chi connectivity index (χ1v) is 5.85. The van der Waals surface area contributed by atoms with Crippen LogP contribution in [0.3, 0.4) is 0 Å². The molecule has 1 aromatic carbocycles. The lowest BCUT2D eigenvalue weighted by Gasteiger charge is -2.03. The SMILES string of the molecule is C1=C[C@H](/C=C/c2ccccc2)CCCC1.